The van der Waals surface area contributed by atoms with Crippen molar-refractivity contribution in [3.63, 3.8) is 0 Å². The summed E-state index contributed by atoms with van der Waals surface area (Å²) in [6.07, 6.45) is 0. The molecule has 1 heterocycles. The van der Waals surface area contributed by atoms with E-state index in [1.54, 1.807) is 31.2 Å². The number of aryl methyl sites for hydroxylation is 1. The van der Waals surface area contributed by atoms with Crippen molar-refractivity contribution in [2.24, 2.45) is 0 Å². The molecule has 21 heavy (non-hydrogen) atoms. The Morgan fingerprint density at radius 3 is 2.48 bits per heavy atom. The Morgan fingerprint density at radius 1 is 1.29 bits per heavy atom. The Kier molecular flexibility index (Phi) is 4.93. The lowest BCUT2D eigenvalue weighted by molar-refractivity contribution is 0.466. The number of H-pyrrole nitrogens is 1. The third kappa shape index (κ3) is 3.40. The van der Waals surface area contributed by atoms with Gasteiger partial charge in [0.25, 0.3) is 0 Å². The Bertz CT molecular complexity index is 726. The van der Waals surface area contributed by atoms with E-state index in [0.29, 0.717) is 16.4 Å². The molecule has 0 amide bonds. The van der Waals surface area contributed by atoms with Gasteiger partial charge in [-0.3, -0.25) is 5.10 Å². The van der Waals surface area contributed by atoms with Crippen LogP contribution in [0, 0.1) is 6.92 Å². The van der Waals surface area contributed by atoms with Crippen LogP contribution >= 0.6 is 23.2 Å². The minimum absolute atomic E-state index is 0.0354. The average molecular weight is 348 g/mol. The average Bonchev–Trinajstić information content (AvgIpc) is 2.83. The van der Waals surface area contributed by atoms with Crippen LogP contribution in [0.3, 0.4) is 0 Å². The first-order valence-electron chi connectivity index (χ1n) is 6.17. The highest BCUT2D eigenvalue weighted by Gasteiger charge is 2.28. The maximum absolute atomic E-state index is 12.6. The van der Waals surface area contributed by atoms with Crippen molar-refractivity contribution in [1.82, 2.24) is 14.5 Å². The summed E-state index contributed by atoms with van der Waals surface area (Å²) in [4.78, 5) is 0.147. The number of alkyl halides is 1. The van der Waals surface area contributed by atoms with E-state index in [0.717, 1.165) is 5.56 Å². The Balaban J connectivity index is 2.30. The molecular weight excluding hydrogens is 333 g/mol. The molecule has 0 fully saturated rings. The quantitative estimate of drug-likeness (QED) is 0.845. The molecule has 5 nitrogen and oxygen atoms in total. The lowest BCUT2D eigenvalue weighted by atomic mass is 10.2. The molecule has 0 aliphatic carbocycles. The molecule has 1 aromatic carbocycles. The third-order valence-electron chi connectivity index (χ3n) is 3.07. The lowest BCUT2D eigenvalue weighted by Crippen LogP contribution is -2.27. The number of aromatic nitrogens is 2. The molecule has 0 aliphatic rings. The van der Waals surface area contributed by atoms with E-state index >= 15 is 0 Å². The topological polar surface area (TPSA) is 66.1 Å². The lowest BCUT2D eigenvalue weighted by Gasteiger charge is -2.17. The molecular formula is C13H15Cl2N3O2S. The fourth-order valence-electron chi connectivity index (χ4n) is 1.99. The van der Waals surface area contributed by atoms with E-state index < -0.39 is 10.0 Å². The van der Waals surface area contributed by atoms with Crippen molar-refractivity contribution in [2.45, 2.75) is 24.2 Å². The van der Waals surface area contributed by atoms with Crippen molar-refractivity contribution < 1.29 is 8.42 Å². The summed E-state index contributed by atoms with van der Waals surface area (Å²) in [7, 11) is -2.13. The van der Waals surface area contributed by atoms with Crippen LogP contribution in [0.1, 0.15) is 17.0 Å². The van der Waals surface area contributed by atoms with Gasteiger partial charge in [-0.05, 0) is 24.6 Å². The number of halogens is 2. The molecule has 0 aliphatic heterocycles. The molecule has 0 spiro atoms. The first-order chi connectivity index (χ1) is 9.86. The van der Waals surface area contributed by atoms with Crippen molar-refractivity contribution in [3.8, 4) is 0 Å². The van der Waals surface area contributed by atoms with Crippen LogP contribution < -0.4 is 0 Å². The number of benzene rings is 1. The van der Waals surface area contributed by atoms with Crippen LogP contribution in [0.5, 0.6) is 0 Å². The van der Waals surface area contributed by atoms with Gasteiger partial charge in [0.1, 0.15) is 4.90 Å². The largest absolute Gasteiger partial charge is 0.281 e. The molecule has 2 aromatic rings. The predicted octanol–water partition coefficient (Wildman–Crippen LogP) is 2.93. The summed E-state index contributed by atoms with van der Waals surface area (Å²) in [6.45, 7) is 1.90. The van der Waals surface area contributed by atoms with Crippen LogP contribution in [-0.4, -0.2) is 30.0 Å². The van der Waals surface area contributed by atoms with Gasteiger partial charge >= 0.3 is 0 Å². The number of sulfonamides is 1. The minimum Gasteiger partial charge on any atom is -0.281 e. The Hall–Kier alpha value is -1.08. The molecule has 8 heteroatoms. The van der Waals surface area contributed by atoms with Crippen molar-refractivity contribution >= 4 is 33.2 Å². The molecule has 1 N–H and O–H groups in total. The molecule has 2 rings (SSSR count). The second-order valence-corrected chi connectivity index (χ2v) is 7.33. The van der Waals surface area contributed by atoms with Crippen LogP contribution in [0.15, 0.2) is 29.2 Å². The van der Waals surface area contributed by atoms with Gasteiger partial charge in [-0.1, -0.05) is 23.7 Å². The summed E-state index contributed by atoms with van der Waals surface area (Å²) < 4.78 is 26.6. The second kappa shape index (κ2) is 6.36. The first-order valence-corrected chi connectivity index (χ1v) is 8.52. The third-order valence-corrected chi connectivity index (χ3v) is 5.59. The fraction of sp³-hybridized carbons (Fsp3) is 0.308. The zero-order chi connectivity index (χ0) is 15.6. The summed E-state index contributed by atoms with van der Waals surface area (Å²) in [6, 6.07) is 7.04. The molecule has 0 saturated heterocycles. The van der Waals surface area contributed by atoms with Gasteiger partial charge in [0.2, 0.25) is 10.0 Å². The standard InChI is InChI=1S/C13H15Cl2N3O2S/c1-9-13(12(7-14)17-16-9)21(19,20)18(2)8-10-3-5-11(15)6-4-10/h3-6H,7-8H2,1-2H3,(H,16,17). The molecule has 0 radical (unpaired) electrons. The fourth-order valence-corrected chi connectivity index (χ4v) is 3.87. The zero-order valence-corrected chi connectivity index (χ0v) is 13.9. The van der Waals surface area contributed by atoms with Crippen LogP contribution in [0.25, 0.3) is 0 Å². The maximum Gasteiger partial charge on any atom is 0.246 e. The number of nitrogens with one attached hydrogen (secondary N) is 1. The number of rotatable bonds is 5. The van der Waals surface area contributed by atoms with E-state index in [2.05, 4.69) is 10.2 Å². The Morgan fingerprint density at radius 2 is 1.90 bits per heavy atom. The van der Waals surface area contributed by atoms with Crippen LogP contribution in [0.2, 0.25) is 5.02 Å². The highest BCUT2D eigenvalue weighted by atomic mass is 35.5. The van der Waals surface area contributed by atoms with Crippen molar-refractivity contribution in [1.29, 1.82) is 0 Å². The normalized spacial score (nSPS) is 12.0. The summed E-state index contributed by atoms with van der Waals surface area (Å²) in [5.41, 5.74) is 1.66. The van der Waals surface area contributed by atoms with E-state index in [-0.39, 0.29) is 17.3 Å². The SMILES string of the molecule is Cc1[nH]nc(CCl)c1S(=O)(=O)N(C)Cc1ccc(Cl)cc1. The van der Waals surface area contributed by atoms with Gasteiger partial charge in [0, 0.05) is 18.6 Å². The first kappa shape index (κ1) is 16.3. The van der Waals surface area contributed by atoms with Crippen molar-refractivity contribution in [3.05, 3.63) is 46.2 Å². The van der Waals surface area contributed by atoms with Gasteiger partial charge in [-0.15, -0.1) is 11.6 Å². The molecule has 0 unspecified atom stereocenters. The summed E-state index contributed by atoms with van der Waals surface area (Å²) >= 11 is 11.6. The summed E-state index contributed by atoms with van der Waals surface area (Å²) in [5.74, 6) is 0.0354. The van der Waals surface area contributed by atoms with Gasteiger partial charge < -0.3 is 0 Å². The molecule has 1 aromatic heterocycles. The second-order valence-electron chi connectivity index (χ2n) is 4.65. The van der Waals surface area contributed by atoms with E-state index in [1.165, 1.54) is 11.4 Å². The smallest absolute Gasteiger partial charge is 0.246 e. The van der Waals surface area contributed by atoms with Crippen LogP contribution in [-0.2, 0) is 22.4 Å². The number of hydrogen-bond donors (Lipinski definition) is 1. The zero-order valence-electron chi connectivity index (χ0n) is 11.6. The van der Waals surface area contributed by atoms with Crippen molar-refractivity contribution in [2.75, 3.05) is 7.05 Å². The molecule has 114 valence electrons. The van der Waals surface area contributed by atoms with Gasteiger partial charge in [-0.2, -0.15) is 9.40 Å². The molecule has 0 bridgehead atoms. The highest BCUT2D eigenvalue weighted by molar-refractivity contribution is 7.89. The van der Waals surface area contributed by atoms with E-state index in [9.17, 15) is 8.42 Å². The van der Waals surface area contributed by atoms with Gasteiger partial charge in [0.15, 0.2) is 0 Å². The number of nitrogens with zero attached hydrogens (tertiary/aromatic N) is 2. The van der Waals surface area contributed by atoms with E-state index in [1.807, 2.05) is 0 Å². The minimum atomic E-state index is -3.66. The monoisotopic (exact) mass is 347 g/mol. The highest BCUT2D eigenvalue weighted by Crippen LogP contribution is 2.24. The van der Waals surface area contributed by atoms with Crippen LogP contribution in [0.4, 0.5) is 0 Å². The Labute approximate surface area is 133 Å². The molecule has 0 saturated carbocycles. The number of hydrogen-bond acceptors (Lipinski definition) is 3. The van der Waals surface area contributed by atoms with E-state index in [4.69, 9.17) is 23.2 Å². The predicted molar refractivity (Wildman–Crippen MR) is 83.0 cm³/mol. The maximum atomic E-state index is 12.6. The van der Waals surface area contributed by atoms with Gasteiger partial charge in [-0.25, -0.2) is 8.42 Å². The summed E-state index contributed by atoms with van der Waals surface area (Å²) in [5, 5.41) is 7.19. The number of aromatic amines is 1. The van der Waals surface area contributed by atoms with Gasteiger partial charge in [0.05, 0.1) is 17.3 Å². The molecule has 0 atom stereocenters.